The Morgan fingerprint density at radius 1 is 1.36 bits per heavy atom. The van der Waals surface area contributed by atoms with E-state index < -0.39 is 0 Å². The molecule has 0 aliphatic carbocycles. The van der Waals surface area contributed by atoms with Crippen molar-refractivity contribution in [2.45, 2.75) is 45.7 Å². The summed E-state index contributed by atoms with van der Waals surface area (Å²) in [6, 6.07) is 8.06. The molecule has 0 saturated heterocycles. The summed E-state index contributed by atoms with van der Waals surface area (Å²) < 4.78 is 0. The summed E-state index contributed by atoms with van der Waals surface area (Å²) in [5.41, 5.74) is 11.9. The molecule has 28 heavy (non-hydrogen) atoms. The highest BCUT2D eigenvalue weighted by Gasteiger charge is 2.34. The lowest BCUT2D eigenvalue weighted by atomic mass is 10.0. The van der Waals surface area contributed by atoms with Gasteiger partial charge in [0.25, 0.3) is 0 Å². The lowest BCUT2D eigenvalue weighted by molar-refractivity contribution is -0.133. The van der Waals surface area contributed by atoms with Crippen molar-refractivity contribution in [3.63, 3.8) is 0 Å². The van der Waals surface area contributed by atoms with Crippen LogP contribution in [-0.2, 0) is 17.8 Å². The van der Waals surface area contributed by atoms with Gasteiger partial charge in [0, 0.05) is 23.7 Å². The van der Waals surface area contributed by atoms with Gasteiger partial charge < -0.3 is 10.6 Å². The fourth-order valence-electron chi connectivity index (χ4n) is 3.81. The van der Waals surface area contributed by atoms with Gasteiger partial charge in [-0.05, 0) is 38.3 Å². The van der Waals surface area contributed by atoms with Crippen molar-refractivity contribution >= 4 is 11.9 Å². The number of carbonyl (C=O) groups excluding carboxylic acids is 1. The molecule has 0 radical (unpaired) electrons. The number of carbonyl (C=O) groups is 1. The zero-order valence-corrected chi connectivity index (χ0v) is 16.1. The van der Waals surface area contributed by atoms with E-state index in [0.717, 1.165) is 46.5 Å². The van der Waals surface area contributed by atoms with Crippen molar-refractivity contribution in [1.29, 1.82) is 0 Å². The van der Waals surface area contributed by atoms with Gasteiger partial charge in [0.1, 0.15) is 0 Å². The average Bonchev–Trinajstić information content (AvgIpc) is 3.30. The van der Waals surface area contributed by atoms with Gasteiger partial charge in [-0.3, -0.25) is 9.89 Å². The summed E-state index contributed by atoms with van der Waals surface area (Å²) in [7, 11) is 0. The summed E-state index contributed by atoms with van der Waals surface area (Å²) >= 11 is 0. The second-order valence-corrected chi connectivity index (χ2v) is 7.32. The van der Waals surface area contributed by atoms with Gasteiger partial charge in [-0.1, -0.05) is 23.8 Å². The van der Waals surface area contributed by atoms with Crippen molar-refractivity contribution in [2.24, 2.45) is 0 Å². The van der Waals surface area contributed by atoms with Gasteiger partial charge in [-0.15, -0.1) is 0 Å². The molecule has 0 saturated carbocycles. The maximum Gasteiger partial charge on any atom is 0.223 e. The summed E-state index contributed by atoms with van der Waals surface area (Å²) in [5.74, 6) is 0.374. The monoisotopic (exact) mass is 376 g/mol. The van der Waals surface area contributed by atoms with E-state index in [-0.39, 0.29) is 17.9 Å². The highest BCUT2D eigenvalue weighted by atomic mass is 16.2. The van der Waals surface area contributed by atoms with Crippen molar-refractivity contribution in [1.82, 2.24) is 25.1 Å². The van der Waals surface area contributed by atoms with Gasteiger partial charge in [0.15, 0.2) is 0 Å². The minimum atomic E-state index is -0.106. The predicted molar refractivity (Wildman–Crippen MR) is 107 cm³/mol. The van der Waals surface area contributed by atoms with E-state index in [2.05, 4.69) is 26.2 Å². The largest absolute Gasteiger partial charge is 0.368 e. The molecule has 1 aromatic carbocycles. The van der Waals surface area contributed by atoms with Crippen LogP contribution in [-0.4, -0.2) is 31.0 Å². The maximum absolute atomic E-state index is 12.9. The van der Waals surface area contributed by atoms with Gasteiger partial charge in [-0.2, -0.15) is 5.10 Å². The first kappa shape index (κ1) is 18.2. The molecule has 3 heterocycles. The van der Waals surface area contributed by atoms with Gasteiger partial charge >= 0.3 is 0 Å². The molecule has 1 amide bonds. The fourth-order valence-corrected chi connectivity index (χ4v) is 3.81. The van der Waals surface area contributed by atoms with Crippen molar-refractivity contribution < 1.29 is 4.79 Å². The van der Waals surface area contributed by atoms with E-state index in [0.29, 0.717) is 13.0 Å². The minimum Gasteiger partial charge on any atom is -0.368 e. The zero-order chi connectivity index (χ0) is 19.7. The van der Waals surface area contributed by atoms with Crippen molar-refractivity contribution in [2.75, 3.05) is 5.73 Å². The Morgan fingerprint density at radius 3 is 2.96 bits per heavy atom. The number of nitrogens with zero attached hydrogens (tertiary/aromatic N) is 4. The Morgan fingerprint density at radius 2 is 2.21 bits per heavy atom. The number of nitrogens with two attached hydrogens (primary N) is 1. The van der Waals surface area contributed by atoms with Crippen LogP contribution in [0.5, 0.6) is 0 Å². The molecule has 1 atom stereocenters. The minimum absolute atomic E-state index is 0.106. The Balaban J connectivity index is 1.55. The first-order valence-corrected chi connectivity index (χ1v) is 9.53. The number of nitrogens with one attached hydrogen (secondary N) is 1. The molecule has 1 aliphatic rings. The third kappa shape index (κ3) is 3.47. The highest BCUT2D eigenvalue weighted by Crippen LogP contribution is 2.38. The van der Waals surface area contributed by atoms with E-state index >= 15 is 0 Å². The number of anilines is 1. The molecule has 7 heteroatoms. The normalized spacial score (nSPS) is 15.6. The van der Waals surface area contributed by atoms with E-state index in [1.54, 1.807) is 6.20 Å². The molecule has 1 unspecified atom stereocenters. The Labute approximate surface area is 164 Å². The van der Waals surface area contributed by atoms with E-state index in [9.17, 15) is 4.79 Å². The van der Waals surface area contributed by atoms with Crippen LogP contribution in [0.4, 0.5) is 5.95 Å². The summed E-state index contributed by atoms with van der Waals surface area (Å²) in [6.07, 6.45) is 5.78. The second-order valence-electron chi connectivity index (χ2n) is 7.32. The van der Waals surface area contributed by atoms with E-state index in [1.807, 2.05) is 43.1 Å². The molecule has 3 N–H and O–H groups in total. The topological polar surface area (TPSA) is 101 Å². The highest BCUT2D eigenvalue weighted by molar-refractivity contribution is 5.79. The summed E-state index contributed by atoms with van der Waals surface area (Å²) in [6.45, 7) is 4.57. The number of fused-ring (bicyclic) bond motifs is 1. The van der Waals surface area contributed by atoms with Gasteiger partial charge in [-0.25, -0.2) is 9.97 Å². The third-order valence-corrected chi connectivity index (χ3v) is 5.27. The molecular formula is C21H24N6O. The van der Waals surface area contributed by atoms with E-state index in [4.69, 9.17) is 5.73 Å². The van der Waals surface area contributed by atoms with Crippen LogP contribution in [0, 0.1) is 6.92 Å². The third-order valence-electron chi connectivity index (χ3n) is 5.27. The maximum atomic E-state index is 12.9. The Kier molecular flexibility index (Phi) is 4.81. The van der Waals surface area contributed by atoms with Gasteiger partial charge in [0.05, 0.1) is 30.2 Å². The quantitative estimate of drug-likeness (QED) is 0.712. The Hall–Kier alpha value is -3.22. The van der Waals surface area contributed by atoms with Crippen LogP contribution >= 0.6 is 0 Å². The molecule has 7 nitrogen and oxygen atoms in total. The van der Waals surface area contributed by atoms with Crippen LogP contribution in [0.15, 0.2) is 36.7 Å². The molecule has 144 valence electrons. The second kappa shape index (κ2) is 7.42. The number of amides is 1. The predicted octanol–water partition coefficient (Wildman–Crippen LogP) is 3.18. The van der Waals surface area contributed by atoms with Crippen LogP contribution in [0.3, 0.4) is 0 Å². The molecule has 4 rings (SSSR count). The van der Waals surface area contributed by atoms with E-state index in [1.165, 1.54) is 0 Å². The molecule has 3 aromatic rings. The number of benzene rings is 1. The summed E-state index contributed by atoms with van der Waals surface area (Å²) in [4.78, 5) is 23.7. The number of aromatic amines is 1. The number of H-pyrrole nitrogens is 1. The lowest BCUT2D eigenvalue weighted by Gasteiger charge is -2.21. The number of hydrogen-bond donors (Lipinski definition) is 2. The van der Waals surface area contributed by atoms with Crippen molar-refractivity contribution in [3.05, 3.63) is 59.0 Å². The molecule has 2 aromatic heterocycles. The molecule has 0 bridgehead atoms. The van der Waals surface area contributed by atoms with Crippen molar-refractivity contribution in [3.8, 4) is 11.3 Å². The molecule has 0 fully saturated rings. The number of nitrogen functional groups attached to an aromatic ring is 1. The molecule has 0 spiro atoms. The standard InChI is InChI=1S/C21H24N6O/c1-13-5-3-7-16(9-13)20-17-12-27(14(2)19(17)25-21(22)26-20)18(28)8-4-6-15-10-23-24-11-15/h3,5,7,9-11,14H,4,6,8,12H2,1-2H3,(H,23,24)(H2,22,25,26). The Bertz CT molecular complexity index is 998. The zero-order valence-electron chi connectivity index (χ0n) is 16.1. The summed E-state index contributed by atoms with van der Waals surface area (Å²) in [5, 5.41) is 6.74. The molecular weight excluding hydrogens is 352 g/mol. The average molecular weight is 376 g/mol. The number of hydrogen-bond acceptors (Lipinski definition) is 5. The molecule has 1 aliphatic heterocycles. The SMILES string of the molecule is Cc1cccc(-c2nc(N)nc3c2CN(C(=O)CCCc2cn[nH]c2)C3C)c1. The number of aromatic nitrogens is 4. The van der Waals surface area contributed by atoms with Crippen LogP contribution in [0.1, 0.15) is 48.2 Å². The van der Waals surface area contributed by atoms with Crippen LogP contribution < -0.4 is 5.73 Å². The first-order valence-electron chi connectivity index (χ1n) is 9.53. The number of aryl methyl sites for hydroxylation is 2. The first-order chi connectivity index (χ1) is 13.5. The number of rotatable bonds is 5. The van der Waals surface area contributed by atoms with Crippen LogP contribution in [0.2, 0.25) is 0 Å². The van der Waals surface area contributed by atoms with Crippen LogP contribution in [0.25, 0.3) is 11.3 Å². The smallest absolute Gasteiger partial charge is 0.223 e. The van der Waals surface area contributed by atoms with Gasteiger partial charge in [0.2, 0.25) is 11.9 Å². The lowest BCUT2D eigenvalue weighted by Crippen LogP contribution is -2.28. The fraction of sp³-hybridized carbons (Fsp3) is 0.333.